The van der Waals surface area contributed by atoms with E-state index in [9.17, 15) is 4.79 Å². The Labute approximate surface area is 130 Å². The third-order valence-electron chi connectivity index (χ3n) is 3.19. The number of hydrogen-bond acceptors (Lipinski definition) is 4. The van der Waals surface area contributed by atoms with Crippen LogP contribution >= 0.6 is 0 Å². The lowest BCUT2D eigenvalue weighted by Crippen LogP contribution is -2.19. The van der Waals surface area contributed by atoms with Crippen molar-refractivity contribution in [1.29, 1.82) is 0 Å². The molecule has 0 aliphatic rings. The number of methoxy groups -OCH3 is 1. The highest BCUT2D eigenvalue weighted by atomic mass is 16.5. The largest absolute Gasteiger partial charge is 0.497 e. The summed E-state index contributed by atoms with van der Waals surface area (Å²) < 4.78 is 10.8. The van der Waals surface area contributed by atoms with Gasteiger partial charge in [0.15, 0.2) is 5.75 Å². The Balaban J connectivity index is 2.31. The van der Waals surface area contributed by atoms with Crippen molar-refractivity contribution in [2.45, 2.75) is 0 Å². The summed E-state index contributed by atoms with van der Waals surface area (Å²) in [5, 5.41) is 0. The number of ether oxygens (including phenoxy) is 2. The fourth-order valence-electron chi connectivity index (χ4n) is 2.04. The van der Waals surface area contributed by atoms with E-state index < -0.39 is 5.97 Å². The van der Waals surface area contributed by atoms with Crippen LogP contribution < -0.4 is 14.4 Å². The molecule has 22 heavy (non-hydrogen) atoms. The monoisotopic (exact) mass is 297 g/mol. The molecule has 0 spiro atoms. The topological polar surface area (TPSA) is 38.8 Å². The van der Waals surface area contributed by atoms with Crippen molar-refractivity contribution in [1.82, 2.24) is 0 Å². The molecule has 0 aromatic heterocycles. The predicted molar refractivity (Wildman–Crippen MR) is 87.9 cm³/mol. The molecular weight excluding hydrogens is 278 g/mol. The molecule has 0 heterocycles. The first-order chi connectivity index (χ1) is 10.7. The van der Waals surface area contributed by atoms with Gasteiger partial charge in [-0.3, -0.25) is 0 Å². The summed E-state index contributed by atoms with van der Waals surface area (Å²) in [5.41, 5.74) is 1.30. The van der Waals surface area contributed by atoms with Crippen LogP contribution in [-0.2, 0) is 0 Å². The van der Waals surface area contributed by atoms with E-state index in [0.29, 0.717) is 23.6 Å². The van der Waals surface area contributed by atoms with Gasteiger partial charge in [0, 0.05) is 19.7 Å². The molecule has 0 bridgehead atoms. The van der Waals surface area contributed by atoms with Crippen LogP contribution in [0.5, 0.6) is 11.5 Å². The Morgan fingerprint density at radius 3 is 2.59 bits per heavy atom. The van der Waals surface area contributed by atoms with E-state index in [1.807, 2.05) is 30.1 Å². The molecule has 4 heteroatoms. The van der Waals surface area contributed by atoms with Gasteiger partial charge in [-0.2, -0.15) is 0 Å². The Hall–Kier alpha value is -2.75. The first-order valence-electron chi connectivity index (χ1n) is 6.93. The molecule has 0 saturated heterocycles. The molecule has 2 rings (SSSR count). The number of likely N-dealkylation sites (N-methyl/N-ethyl adjacent to an activating group) is 1. The number of carbonyl (C=O) groups is 1. The summed E-state index contributed by atoms with van der Waals surface area (Å²) in [7, 11) is 3.48. The summed E-state index contributed by atoms with van der Waals surface area (Å²) in [6.07, 6.45) is 1.78. The number of anilines is 1. The maximum atomic E-state index is 12.2. The molecule has 0 atom stereocenters. The van der Waals surface area contributed by atoms with Gasteiger partial charge in [0.25, 0.3) is 0 Å². The van der Waals surface area contributed by atoms with E-state index in [-0.39, 0.29) is 0 Å². The smallest absolute Gasteiger partial charge is 0.343 e. The summed E-state index contributed by atoms with van der Waals surface area (Å²) >= 11 is 0. The molecular formula is C18H19NO3. The Kier molecular flexibility index (Phi) is 5.20. The van der Waals surface area contributed by atoms with Gasteiger partial charge in [-0.05, 0) is 24.3 Å². The molecule has 4 nitrogen and oxygen atoms in total. The second kappa shape index (κ2) is 7.31. The maximum absolute atomic E-state index is 12.2. The number of hydrogen-bond donors (Lipinski definition) is 0. The van der Waals surface area contributed by atoms with Gasteiger partial charge in [0.05, 0.1) is 18.4 Å². The molecule has 2 aromatic rings. The van der Waals surface area contributed by atoms with Crippen molar-refractivity contribution >= 4 is 11.7 Å². The lowest BCUT2D eigenvalue weighted by molar-refractivity contribution is 0.0735. The van der Waals surface area contributed by atoms with E-state index in [0.717, 1.165) is 5.69 Å². The molecule has 0 fully saturated rings. The number of carbonyl (C=O) groups excluding carboxylic acids is 1. The molecule has 0 aliphatic heterocycles. The van der Waals surface area contributed by atoms with E-state index in [2.05, 4.69) is 6.58 Å². The fourth-order valence-corrected chi connectivity index (χ4v) is 2.04. The Bertz CT molecular complexity index is 653. The van der Waals surface area contributed by atoms with Crippen LogP contribution in [0.2, 0.25) is 0 Å². The highest BCUT2D eigenvalue weighted by Crippen LogP contribution is 2.32. The third-order valence-corrected chi connectivity index (χ3v) is 3.19. The summed E-state index contributed by atoms with van der Waals surface area (Å²) in [6, 6.07) is 14.3. The Morgan fingerprint density at radius 1 is 1.23 bits per heavy atom. The van der Waals surface area contributed by atoms with Crippen molar-refractivity contribution < 1.29 is 14.3 Å². The zero-order valence-corrected chi connectivity index (χ0v) is 12.8. The predicted octanol–water partition coefficient (Wildman–Crippen LogP) is 3.54. The molecule has 0 N–H and O–H groups in total. The molecule has 114 valence electrons. The minimum atomic E-state index is -0.401. The number of esters is 1. The average Bonchev–Trinajstić information content (AvgIpc) is 2.55. The van der Waals surface area contributed by atoms with Crippen LogP contribution in [0.3, 0.4) is 0 Å². The SMILES string of the molecule is C=CCN(C)c1ccc(OC)cc1OC(=O)c1ccccc1. The summed E-state index contributed by atoms with van der Waals surface area (Å²) in [6.45, 7) is 4.37. The normalized spacial score (nSPS) is 9.91. The van der Waals surface area contributed by atoms with Crippen molar-refractivity contribution in [2.75, 3.05) is 25.6 Å². The van der Waals surface area contributed by atoms with Crippen LogP contribution in [0.1, 0.15) is 10.4 Å². The van der Waals surface area contributed by atoms with Gasteiger partial charge < -0.3 is 14.4 Å². The maximum Gasteiger partial charge on any atom is 0.343 e. The lowest BCUT2D eigenvalue weighted by Gasteiger charge is -2.21. The first-order valence-corrected chi connectivity index (χ1v) is 6.93. The lowest BCUT2D eigenvalue weighted by atomic mass is 10.2. The van der Waals surface area contributed by atoms with E-state index >= 15 is 0 Å². The molecule has 2 aromatic carbocycles. The van der Waals surface area contributed by atoms with Gasteiger partial charge in [-0.25, -0.2) is 4.79 Å². The first kappa shape index (κ1) is 15.6. The van der Waals surface area contributed by atoms with Gasteiger partial charge >= 0.3 is 5.97 Å². The van der Waals surface area contributed by atoms with Crippen LogP contribution in [0, 0.1) is 0 Å². The van der Waals surface area contributed by atoms with E-state index in [1.165, 1.54) is 0 Å². The van der Waals surface area contributed by atoms with Crippen LogP contribution in [-0.4, -0.2) is 26.7 Å². The molecule has 0 radical (unpaired) electrons. The number of benzene rings is 2. The zero-order valence-electron chi connectivity index (χ0n) is 12.8. The molecule has 0 aliphatic carbocycles. The third kappa shape index (κ3) is 3.67. The van der Waals surface area contributed by atoms with Crippen LogP contribution in [0.25, 0.3) is 0 Å². The molecule has 0 saturated carbocycles. The highest BCUT2D eigenvalue weighted by molar-refractivity contribution is 5.91. The fraction of sp³-hybridized carbons (Fsp3) is 0.167. The van der Waals surface area contributed by atoms with Gasteiger partial charge in [-0.15, -0.1) is 6.58 Å². The summed E-state index contributed by atoms with van der Waals surface area (Å²) in [5.74, 6) is 0.686. The van der Waals surface area contributed by atoms with E-state index in [4.69, 9.17) is 9.47 Å². The van der Waals surface area contributed by atoms with Crippen molar-refractivity contribution in [2.24, 2.45) is 0 Å². The van der Waals surface area contributed by atoms with E-state index in [1.54, 1.807) is 43.5 Å². The second-order valence-corrected chi connectivity index (χ2v) is 4.76. The van der Waals surface area contributed by atoms with Gasteiger partial charge in [-0.1, -0.05) is 24.3 Å². The minimum Gasteiger partial charge on any atom is -0.497 e. The van der Waals surface area contributed by atoms with Crippen LogP contribution in [0.4, 0.5) is 5.69 Å². The standard InChI is InChI=1S/C18H19NO3/c1-4-12-19(2)16-11-10-15(21-3)13-17(16)22-18(20)14-8-6-5-7-9-14/h4-11,13H,1,12H2,2-3H3. The van der Waals surface area contributed by atoms with Gasteiger partial charge in [0.1, 0.15) is 5.75 Å². The van der Waals surface area contributed by atoms with Crippen molar-refractivity contribution in [3.63, 3.8) is 0 Å². The highest BCUT2D eigenvalue weighted by Gasteiger charge is 2.14. The summed E-state index contributed by atoms with van der Waals surface area (Å²) in [4.78, 5) is 14.2. The average molecular weight is 297 g/mol. The Morgan fingerprint density at radius 2 is 1.95 bits per heavy atom. The van der Waals surface area contributed by atoms with Crippen molar-refractivity contribution in [3.8, 4) is 11.5 Å². The second-order valence-electron chi connectivity index (χ2n) is 4.76. The zero-order chi connectivity index (χ0) is 15.9. The minimum absolute atomic E-state index is 0.401. The van der Waals surface area contributed by atoms with Crippen LogP contribution in [0.15, 0.2) is 61.2 Å². The molecule has 0 amide bonds. The van der Waals surface area contributed by atoms with Gasteiger partial charge in [0.2, 0.25) is 0 Å². The number of nitrogens with zero attached hydrogens (tertiary/aromatic N) is 1. The van der Waals surface area contributed by atoms with Crippen molar-refractivity contribution in [3.05, 3.63) is 66.7 Å². The number of rotatable bonds is 6. The quantitative estimate of drug-likeness (QED) is 0.464. The molecule has 0 unspecified atom stereocenters.